The quantitative estimate of drug-likeness (QED) is 0.221. The summed E-state index contributed by atoms with van der Waals surface area (Å²) in [6, 6.07) is 2.94. The first-order chi connectivity index (χ1) is 22.2. The Bertz CT molecular complexity index is 1540. The Morgan fingerprint density at radius 1 is 1.02 bits per heavy atom. The first-order valence-corrected chi connectivity index (χ1v) is 14.4. The lowest BCUT2D eigenvalue weighted by Gasteiger charge is -2.43. The van der Waals surface area contributed by atoms with E-state index in [0.717, 1.165) is 0 Å². The molecule has 11 nitrogen and oxygen atoms in total. The molecule has 1 aliphatic heterocycles. The second-order valence-corrected chi connectivity index (χ2v) is 10.4. The maximum Gasteiger partial charge on any atom is 0.416 e. The van der Waals surface area contributed by atoms with Crippen LogP contribution in [0.15, 0.2) is 42.7 Å². The van der Waals surface area contributed by atoms with Crippen molar-refractivity contribution < 1.29 is 55.2 Å². The van der Waals surface area contributed by atoms with Crippen LogP contribution in [0.25, 0.3) is 0 Å². The summed E-state index contributed by atoms with van der Waals surface area (Å²) in [5, 5.41) is 8.87. The molecule has 17 heteroatoms. The highest BCUT2D eigenvalue weighted by Crippen LogP contribution is 2.44. The van der Waals surface area contributed by atoms with E-state index in [1.54, 1.807) is 13.0 Å². The van der Waals surface area contributed by atoms with Crippen molar-refractivity contribution in [1.29, 1.82) is 0 Å². The summed E-state index contributed by atoms with van der Waals surface area (Å²) in [4.78, 5) is 39.8. The van der Waals surface area contributed by atoms with Gasteiger partial charge in [-0.1, -0.05) is 6.92 Å². The number of nitrogens with zero attached hydrogens (tertiary/aromatic N) is 5. The zero-order chi connectivity index (χ0) is 34.5. The van der Waals surface area contributed by atoms with Gasteiger partial charge in [-0.25, -0.2) is 19.7 Å². The summed E-state index contributed by atoms with van der Waals surface area (Å²) in [6.07, 6.45) is -8.22. The Labute approximate surface area is 265 Å². The standard InChI is InChI=1S/C30H31F6N5O6/c1-4-20-13-23(26-22(6-7-24(39-26)45-3)41(20)28(44)46-5-2)40(27-37-14-21(15-38-27)47-9-8-25(42)43)16-17-10-18(29(31,32)33)12-19(11-17)30(34,35)36/h6-7,10-12,14-15,20,23H,4-5,8-9,13,16H2,1-3H3,(H,42,43)/t20-,23?/m1/s1. The van der Waals surface area contributed by atoms with E-state index < -0.39 is 54.2 Å². The van der Waals surface area contributed by atoms with E-state index in [2.05, 4.69) is 15.0 Å². The molecule has 1 aromatic carbocycles. The number of anilines is 2. The fourth-order valence-electron chi connectivity index (χ4n) is 5.16. The highest BCUT2D eigenvalue weighted by atomic mass is 19.4. The second-order valence-electron chi connectivity index (χ2n) is 10.4. The first kappa shape index (κ1) is 35.0. The smallest absolute Gasteiger partial charge is 0.416 e. The highest BCUT2D eigenvalue weighted by Gasteiger charge is 2.42. The molecule has 3 heterocycles. The molecule has 2 aromatic heterocycles. The van der Waals surface area contributed by atoms with Crippen molar-refractivity contribution in [2.24, 2.45) is 0 Å². The molecule has 0 spiro atoms. The number of rotatable bonds is 11. The number of pyridine rings is 1. The van der Waals surface area contributed by atoms with E-state index >= 15 is 0 Å². The third kappa shape index (κ3) is 8.31. The van der Waals surface area contributed by atoms with Crippen molar-refractivity contribution in [2.45, 2.75) is 64.1 Å². The van der Waals surface area contributed by atoms with Crippen LogP contribution in [0.5, 0.6) is 11.6 Å². The molecule has 47 heavy (non-hydrogen) atoms. The zero-order valence-corrected chi connectivity index (χ0v) is 25.4. The predicted octanol–water partition coefficient (Wildman–Crippen LogP) is 6.66. The van der Waals surface area contributed by atoms with Gasteiger partial charge in [0.2, 0.25) is 11.8 Å². The molecule has 0 saturated heterocycles. The van der Waals surface area contributed by atoms with Gasteiger partial charge < -0.3 is 24.2 Å². The number of carbonyl (C=O) groups is 2. The molecule has 1 aliphatic rings. The summed E-state index contributed by atoms with van der Waals surface area (Å²) in [7, 11) is 1.36. The number of carbonyl (C=O) groups excluding carboxylic acids is 1. The monoisotopic (exact) mass is 671 g/mol. The van der Waals surface area contributed by atoms with Crippen LogP contribution in [0.3, 0.4) is 0 Å². The van der Waals surface area contributed by atoms with E-state index in [0.29, 0.717) is 24.2 Å². The maximum atomic E-state index is 13.8. The van der Waals surface area contributed by atoms with E-state index in [1.807, 2.05) is 6.92 Å². The topological polar surface area (TPSA) is 127 Å². The number of benzene rings is 1. The molecule has 2 atom stereocenters. The minimum atomic E-state index is -5.08. The van der Waals surface area contributed by atoms with Gasteiger partial charge in [0.1, 0.15) is 0 Å². The Morgan fingerprint density at radius 2 is 1.66 bits per heavy atom. The second kappa shape index (κ2) is 14.3. The van der Waals surface area contributed by atoms with Crippen LogP contribution in [-0.2, 0) is 28.4 Å². The SMILES string of the molecule is CCOC(=O)N1c2ccc(OC)nc2C(N(Cc2cc(C(F)(F)F)cc(C(F)(F)F)c2)c2ncc(OCCC(=O)O)cn2)C[C@H]1CC. The molecule has 254 valence electrons. The van der Waals surface area contributed by atoms with Gasteiger partial charge in [0.25, 0.3) is 0 Å². The summed E-state index contributed by atoms with van der Waals surface area (Å²) in [6.45, 7) is 2.78. The Kier molecular flexibility index (Phi) is 10.7. The summed E-state index contributed by atoms with van der Waals surface area (Å²) >= 11 is 0. The number of fused-ring (bicyclic) bond motifs is 1. The largest absolute Gasteiger partial charge is 0.490 e. The van der Waals surface area contributed by atoms with Crippen LogP contribution in [0.1, 0.15) is 61.5 Å². The van der Waals surface area contributed by atoms with Gasteiger partial charge in [-0.3, -0.25) is 9.69 Å². The Morgan fingerprint density at radius 3 is 2.19 bits per heavy atom. The number of methoxy groups -OCH3 is 1. The Hall–Kier alpha value is -4.83. The lowest BCUT2D eigenvalue weighted by Crippen LogP contribution is -2.48. The normalized spacial score (nSPS) is 16.3. The van der Waals surface area contributed by atoms with Crippen molar-refractivity contribution in [3.05, 3.63) is 65.1 Å². The lowest BCUT2D eigenvalue weighted by atomic mass is 9.92. The molecule has 4 rings (SSSR count). The van der Waals surface area contributed by atoms with Gasteiger partial charge in [0, 0.05) is 18.7 Å². The Balaban J connectivity index is 1.88. The molecule has 0 aliphatic carbocycles. The highest BCUT2D eigenvalue weighted by molar-refractivity contribution is 5.90. The van der Waals surface area contributed by atoms with Crippen molar-refractivity contribution in [3.8, 4) is 11.6 Å². The molecule has 1 unspecified atom stereocenters. The minimum Gasteiger partial charge on any atom is -0.490 e. The average Bonchev–Trinajstić information content (AvgIpc) is 3.02. The molecule has 0 radical (unpaired) electrons. The average molecular weight is 672 g/mol. The number of alkyl halides is 6. The van der Waals surface area contributed by atoms with Crippen molar-refractivity contribution in [2.75, 3.05) is 30.1 Å². The number of carboxylic acids is 1. The van der Waals surface area contributed by atoms with E-state index in [9.17, 15) is 35.9 Å². The maximum absolute atomic E-state index is 13.8. The summed E-state index contributed by atoms with van der Waals surface area (Å²) < 4.78 is 98.6. The van der Waals surface area contributed by atoms with Crippen LogP contribution >= 0.6 is 0 Å². The van der Waals surface area contributed by atoms with Crippen molar-refractivity contribution in [1.82, 2.24) is 15.0 Å². The third-order valence-electron chi connectivity index (χ3n) is 7.29. The van der Waals surface area contributed by atoms with Crippen molar-refractivity contribution in [3.63, 3.8) is 0 Å². The number of aromatic nitrogens is 3. The van der Waals surface area contributed by atoms with Gasteiger partial charge in [0.15, 0.2) is 5.75 Å². The number of hydrogen-bond acceptors (Lipinski definition) is 9. The fourth-order valence-corrected chi connectivity index (χ4v) is 5.16. The zero-order valence-electron chi connectivity index (χ0n) is 25.4. The van der Waals surface area contributed by atoms with Crippen LogP contribution in [0, 0.1) is 0 Å². The lowest BCUT2D eigenvalue weighted by molar-refractivity contribution is -0.143. The molecule has 0 bridgehead atoms. The van der Waals surface area contributed by atoms with Crippen LogP contribution in [-0.4, -0.2) is 58.5 Å². The van der Waals surface area contributed by atoms with Crippen molar-refractivity contribution >= 4 is 23.7 Å². The van der Waals surface area contributed by atoms with Gasteiger partial charge in [-0.15, -0.1) is 0 Å². The van der Waals surface area contributed by atoms with Crippen LogP contribution in [0.2, 0.25) is 0 Å². The number of ether oxygens (including phenoxy) is 3. The van der Waals surface area contributed by atoms with Gasteiger partial charge in [0.05, 0.1) is 67.7 Å². The number of carboxylic acid groups (broad SMARTS) is 1. The third-order valence-corrected chi connectivity index (χ3v) is 7.29. The fraction of sp³-hybridized carbons (Fsp3) is 0.433. The van der Waals surface area contributed by atoms with Crippen LogP contribution in [0.4, 0.5) is 42.8 Å². The number of aliphatic carboxylic acids is 1. The van der Waals surface area contributed by atoms with E-state index in [-0.39, 0.29) is 61.0 Å². The molecule has 0 fully saturated rings. The molecule has 1 N–H and O–H groups in total. The number of hydrogen-bond donors (Lipinski definition) is 1. The van der Waals surface area contributed by atoms with Gasteiger partial charge in [-0.05, 0) is 49.6 Å². The summed E-state index contributed by atoms with van der Waals surface area (Å²) in [5.41, 5.74) is -2.81. The molecule has 1 amide bonds. The summed E-state index contributed by atoms with van der Waals surface area (Å²) in [5.74, 6) is -0.998. The van der Waals surface area contributed by atoms with E-state index in [4.69, 9.17) is 19.3 Å². The number of halogens is 6. The molecule has 3 aromatic rings. The molecular weight excluding hydrogens is 640 g/mol. The molecular formula is C30H31F6N5O6. The molecule has 0 saturated carbocycles. The minimum absolute atomic E-state index is 0.0419. The van der Waals surface area contributed by atoms with E-state index in [1.165, 1.54) is 35.4 Å². The number of amides is 1. The van der Waals surface area contributed by atoms with Gasteiger partial charge in [-0.2, -0.15) is 26.3 Å². The van der Waals surface area contributed by atoms with Gasteiger partial charge >= 0.3 is 24.4 Å². The first-order valence-electron chi connectivity index (χ1n) is 14.4. The predicted molar refractivity (Wildman–Crippen MR) is 154 cm³/mol. The van der Waals surface area contributed by atoms with Crippen LogP contribution < -0.4 is 19.3 Å².